The summed E-state index contributed by atoms with van der Waals surface area (Å²) >= 11 is 2.39. The fourth-order valence-corrected chi connectivity index (χ4v) is 4.71. The fourth-order valence-electron chi connectivity index (χ4n) is 1.64. The molecule has 0 fully saturated rings. The third-order valence-electron chi connectivity index (χ3n) is 2.62. The van der Waals surface area contributed by atoms with Gasteiger partial charge in [-0.2, -0.15) is 0 Å². The lowest BCUT2D eigenvalue weighted by Gasteiger charge is -2.03. The van der Waals surface area contributed by atoms with Gasteiger partial charge in [0.1, 0.15) is 4.21 Å². The molecule has 0 aromatic carbocycles. The van der Waals surface area contributed by atoms with E-state index in [2.05, 4.69) is 10.0 Å². The molecule has 7 nitrogen and oxygen atoms in total. The largest absolute Gasteiger partial charge is 0.374 e. The van der Waals surface area contributed by atoms with Crippen LogP contribution in [0.1, 0.15) is 4.88 Å². The van der Waals surface area contributed by atoms with Crippen LogP contribution >= 0.6 is 22.7 Å². The molecule has 114 valence electrons. The standard InChI is InChI=1S/C11H13N3O4S3/c1-12-11-9(14(15)16)7-10(20-11)21(17,18)13-5-4-8-3-2-6-19-8/h2-3,6-7,12-13H,4-5H2,1H3. The average molecular weight is 347 g/mol. The van der Waals surface area contributed by atoms with Crippen LogP contribution in [0.2, 0.25) is 0 Å². The van der Waals surface area contributed by atoms with E-state index in [1.54, 1.807) is 11.3 Å². The minimum absolute atomic E-state index is 0.0651. The van der Waals surface area contributed by atoms with Gasteiger partial charge in [0.05, 0.1) is 4.92 Å². The van der Waals surface area contributed by atoms with Crippen molar-refractivity contribution >= 4 is 43.4 Å². The van der Waals surface area contributed by atoms with Crippen molar-refractivity contribution in [1.82, 2.24) is 4.72 Å². The van der Waals surface area contributed by atoms with Crippen LogP contribution in [-0.2, 0) is 16.4 Å². The molecule has 0 saturated heterocycles. The molecule has 2 rings (SSSR count). The smallest absolute Gasteiger partial charge is 0.304 e. The number of thiophene rings is 2. The van der Waals surface area contributed by atoms with Crippen LogP contribution in [0, 0.1) is 10.1 Å². The summed E-state index contributed by atoms with van der Waals surface area (Å²) in [6.45, 7) is 0.253. The Morgan fingerprint density at radius 2 is 2.19 bits per heavy atom. The lowest BCUT2D eigenvalue weighted by molar-refractivity contribution is -0.383. The van der Waals surface area contributed by atoms with Gasteiger partial charge in [-0.25, -0.2) is 13.1 Å². The zero-order valence-corrected chi connectivity index (χ0v) is 13.5. The van der Waals surface area contributed by atoms with E-state index in [1.807, 2.05) is 17.5 Å². The number of hydrogen-bond acceptors (Lipinski definition) is 7. The second-order valence-corrected chi connectivity index (χ2v) is 8.09. The normalized spacial score (nSPS) is 11.5. The predicted octanol–water partition coefficient (Wildman–Crippen LogP) is 2.28. The highest BCUT2D eigenvalue weighted by molar-refractivity contribution is 7.91. The number of anilines is 1. The van der Waals surface area contributed by atoms with Gasteiger partial charge >= 0.3 is 5.69 Å². The Balaban J connectivity index is 2.10. The fraction of sp³-hybridized carbons (Fsp3) is 0.273. The van der Waals surface area contributed by atoms with Gasteiger partial charge in [-0.3, -0.25) is 10.1 Å². The van der Waals surface area contributed by atoms with Crippen LogP contribution in [0.3, 0.4) is 0 Å². The molecule has 2 aromatic heterocycles. The highest BCUT2D eigenvalue weighted by Gasteiger charge is 2.25. The number of sulfonamides is 1. The molecule has 21 heavy (non-hydrogen) atoms. The quantitative estimate of drug-likeness (QED) is 0.591. The summed E-state index contributed by atoms with van der Waals surface area (Å²) in [4.78, 5) is 11.3. The second-order valence-electron chi connectivity index (χ2n) is 4.01. The van der Waals surface area contributed by atoms with Crippen molar-refractivity contribution in [2.45, 2.75) is 10.6 Å². The Labute approximate surface area is 129 Å². The van der Waals surface area contributed by atoms with E-state index in [4.69, 9.17) is 0 Å². The minimum atomic E-state index is -3.73. The molecule has 2 aromatic rings. The summed E-state index contributed by atoms with van der Waals surface area (Å²) in [6.07, 6.45) is 0.587. The molecule has 2 heterocycles. The number of nitro groups is 1. The molecule has 0 aliphatic carbocycles. The number of hydrogen-bond donors (Lipinski definition) is 2. The molecule has 0 spiro atoms. The summed E-state index contributed by atoms with van der Waals surface area (Å²) in [7, 11) is -2.22. The average Bonchev–Trinajstić information content (AvgIpc) is 3.07. The van der Waals surface area contributed by atoms with Gasteiger partial charge in [-0.05, 0) is 17.9 Å². The molecule has 0 amide bonds. The lowest BCUT2D eigenvalue weighted by atomic mass is 10.3. The van der Waals surface area contributed by atoms with Crippen molar-refractivity contribution in [2.24, 2.45) is 0 Å². The first-order chi connectivity index (χ1) is 9.94. The summed E-state index contributed by atoms with van der Waals surface area (Å²) < 4.78 is 26.6. The summed E-state index contributed by atoms with van der Waals surface area (Å²) in [6, 6.07) is 4.90. The Hall–Kier alpha value is -1.49. The molecule has 10 heteroatoms. The van der Waals surface area contributed by atoms with Gasteiger partial charge in [-0.1, -0.05) is 17.4 Å². The van der Waals surface area contributed by atoms with Gasteiger partial charge in [0.25, 0.3) is 0 Å². The summed E-state index contributed by atoms with van der Waals surface area (Å²) in [5.74, 6) is 0. The van der Waals surface area contributed by atoms with Gasteiger partial charge in [0.15, 0.2) is 5.00 Å². The van der Waals surface area contributed by atoms with E-state index in [-0.39, 0.29) is 21.4 Å². The maximum absolute atomic E-state index is 12.1. The number of rotatable bonds is 7. The molecule has 0 aliphatic rings. The number of nitrogens with zero attached hydrogens (tertiary/aromatic N) is 1. The molecular formula is C11H13N3O4S3. The van der Waals surface area contributed by atoms with E-state index in [9.17, 15) is 18.5 Å². The molecule has 0 unspecified atom stereocenters. The molecule has 0 saturated carbocycles. The van der Waals surface area contributed by atoms with Crippen molar-refractivity contribution in [1.29, 1.82) is 0 Å². The van der Waals surface area contributed by atoms with E-state index in [0.717, 1.165) is 22.3 Å². The van der Waals surface area contributed by atoms with E-state index >= 15 is 0 Å². The summed E-state index contributed by atoms with van der Waals surface area (Å²) in [5.41, 5.74) is -0.235. The highest BCUT2D eigenvalue weighted by atomic mass is 32.2. The minimum Gasteiger partial charge on any atom is -0.374 e. The molecule has 2 N–H and O–H groups in total. The number of nitrogens with one attached hydrogen (secondary N) is 2. The zero-order valence-electron chi connectivity index (χ0n) is 11.0. The van der Waals surface area contributed by atoms with Crippen molar-refractivity contribution in [3.05, 3.63) is 38.6 Å². The van der Waals surface area contributed by atoms with Crippen LogP contribution < -0.4 is 10.0 Å². The maximum atomic E-state index is 12.1. The molecule has 0 aliphatic heterocycles. The van der Waals surface area contributed by atoms with Gasteiger partial charge in [0, 0.05) is 24.5 Å². The first-order valence-electron chi connectivity index (χ1n) is 5.92. The Morgan fingerprint density at radius 1 is 1.43 bits per heavy atom. The molecule has 0 bridgehead atoms. The zero-order chi connectivity index (χ0) is 15.5. The monoisotopic (exact) mass is 347 g/mol. The SMILES string of the molecule is CNc1sc(S(=O)(=O)NCCc2cccs2)cc1[N+](=O)[O-]. The Morgan fingerprint density at radius 3 is 2.71 bits per heavy atom. The lowest BCUT2D eigenvalue weighted by Crippen LogP contribution is -2.25. The van der Waals surface area contributed by atoms with Crippen molar-refractivity contribution in [3.63, 3.8) is 0 Å². The van der Waals surface area contributed by atoms with Crippen LogP contribution in [0.5, 0.6) is 0 Å². The molecule has 0 atom stereocenters. The predicted molar refractivity (Wildman–Crippen MR) is 83.7 cm³/mol. The summed E-state index contributed by atoms with van der Waals surface area (Å²) in [5, 5.41) is 15.6. The third kappa shape index (κ3) is 3.79. The maximum Gasteiger partial charge on any atom is 0.304 e. The van der Waals surface area contributed by atoms with Crippen LogP contribution in [-0.4, -0.2) is 26.9 Å². The van der Waals surface area contributed by atoms with Crippen molar-refractivity contribution < 1.29 is 13.3 Å². The highest BCUT2D eigenvalue weighted by Crippen LogP contribution is 2.36. The van der Waals surface area contributed by atoms with Crippen molar-refractivity contribution in [2.75, 3.05) is 18.9 Å². The Bertz CT molecular complexity index is 722. The van der Waals surface area contributed by atoms with E-state index in [0.29, 0.717) is 6.42 Å². The third-order valence-corrected chi connectivity index (χ3v) is 6.63. The van der Waals surface area contributed by atoms with E-state index < -0.39 is 14.9 Å². The van der Waals surface area contributed by atoms with Gasteiger partial charge in [-0.15, -0.1) is 11.3 Å². The van der Waals surface area contributed by atoms with Crippen LogP contribution in [0.4, 0.5) is 10.7 Å². The topological polar surface area (TPSA) is 101 Å². The first-order valence-corrected chi connectivity index (χ1v) is 9.10. The van der Waals surface area contributed by atoms with E-state index in [1.165, 1.54) is 7.05 Å². The van der Waals surface area contributed by atoms with Gasteiger partial charge in [0.2, 0.25) is 10.0 Å². The molecular weight excluding hydrogens is 334 g/mol. The van der Waals surface area contributed by atoms with Crippen LogP contribution in [0.15, 0.2) is 27.8 Å². The Kier molecular flexibility index (Phi) is 4.93. The second kappa shape index (κ2) is 6.52. The van der Waals surface area contributed by atoms with Crippen LogP contribution in [0.25, 0.3) is 0 Å². The first kappa shape index (κ1) is 15.9. The molecule has 0 radical (unpaired) electrons. The van der Waals surface area contributed by atoms with Gasteiger partial charge < -0.3 is 5.32 Å². The van der Waals surface area contributed by atoms with Crippen molar-refractivity contribution in [3.8, 4) is 0 Å².